The summed E-state index contributed by atoms with van der Waals surface area (Å²) in [6.45, 7) is 2.08. The summed E-state index contributed by atoms with van der Waals surface area (Å²) < 4.78 is 6.01. The lowest BCUT2D eigenvalue weighted by Crippen LogP contribution is -2.08. The van der Waals surface area contributed by atoms with Crippen molar-refractivity contribution in [3.63, 3.8) is 0 Å². The van der Waals surface area contributed by atoms with Gasteiger partial charge in [-0.15, -0.1) is 0 Å². The molecule has 0 N–H and O–H groups in total. The highest BCUT2D eigenvalue weighted by molar-refractivity contribution is 5.61. The fourth-order valence-electron chi connectivity index (χ4n) is 2.07. The van der Waals surface area contributed by atoms with Gasteiger partial charge in [0.25, 0.3) is 0 Å². The SMILES string of the molecule is Cc1ccc2c(c1)OC(c1ccccc1)C=C2. The number of ether oxygens (including phenoxy) is 1. The summed E-state index contributed by atoms with van der Waals surface area (Å²) in [6, 6.07) is 16.6. The van der Waals surface area contributed by atoms with Crippen molar-refractivity contribution in [2.24, 2.45) is 0 Å². The first-order valence-corrected chi connectivity index (χ1v) is 5.83. The zero-order valence-electron chi connectivity index (χ0n) is 9.76. The molecular weight excluding hydrogens is 208 g/mol. The molecule has 1 unspecified atom stereocenters. The summed E-state index contributed by atoms with van der Waals surface area (Å²) in [5.74, 6) is 0.973. The van der Waals surface area contributed by atoms with E-state index in [1.54, 1.807) is 0 Å². The summed E-state index contributed by atoms with van der Waals surface area (Å²) >= 11 is 0. The minimum atomic E-state index is 0.0329. The number of benzene rings is 2. The Morgan fingerprint density at radius 1 is 1.00 bits per heavy atom. The molecule has 0 bridgehead atoms. The predicted octanol–water partition coefficient (Wildman–Crippen LogP) is 4.14. The molecule has 0 aromatic heterocycles. The average molecular weight is 222 g/mol. The molecule has 0 fully saturated rings. The first-order valence-electron chi connectivity index (χ1n) is 5.83. The molecular formula is C16H14O. The van der Waals surface area contributed by atoms with Crippen molar-refractivity contribution in [1.29, 1.82) is 0 Å². The lowest BCUT2D eigenvalue weighted by Gasteiger charge is -2.22. The van der Waals surface area contributed by atoms with E-state index >= 15 is 0 Å². The molecule has 1 heteroatoms. The van der Waals surface area contributed by atoms with Gasteiger partial charge >= 0.3 is 0 Å². The van der Waals surface area contributed by atoms with Gasteiger partial charge in [-0.3, -0.25) is 0 Å². The highest BCUT2D eigenvalue weighted by Gasteiger charge is 2.15. The number of aryl methyl sites for hydroxylation is 1. The summed E-state index contributed by atoms with van der Waals surface area (Å²) in [5, 5.41) is 0. The molecule has 17 heavy (non-hydrogen) atoms. The Bertz CT molecular complexity index is 555. The van der Waals surface area contributed by atoms with Gasteiger partial charge in [-0.05, 0) is 30.2 Å². The van der Waals surface area contributed by atoms with Gasteiger partial charge in [0, 0.05) is 5.56 Å². The number of hydrogen-bond acceptors (Lipinski definition) is 1. The second kappa shape index (κ2) is 4.10. The summed E-state index contributed by atoms with van der Waals surface area (Å²) in [7, 11) is 0. The molecule has 0 aliphatic carbocycles. The lowest BCUT2D eigenvalue weighted by molar-refractivity contribution is 0.251. The number of hydrogen-bond donors (Lipinski definition) is 0. The standard InChI is InChI=1S/C16H14O/c1-12-7-8-14-9-10-15(17-16(14)11-12)13-5-3-2-4-6-13/h2-11,15H,1H3. The van der Waals surface area contributed by atoms with E-state index in [0.717, 1.165) is 11.3 Å². The fraction of sp³-hybridized carbons (Fsp3) is 0.125. The Labute approximate surface area is 101 Å². The van der Waals surface area contributed by atoms with Crippen LogP contribution >= 0.6 is 0 Å². The molecule has 1 nitrogen and oxygen atoms in total. The molecule has 84 valence electrons. The van der Waals surface area contributed by atoms with Crippen molar-refractivity contribution in [3.05, 3.63) is 71.3 Å². The zero-order chi connectivity index (χ0) is 11.7. The van der Waals surface area contributed by atoms with E-state index < -0.39 is 0 Å². The van der Waals surface area contributed by atoms with Crippen LogP contribution in [-0.2, 0) is 0 Å². The van der Waals surface area contributed by atoms with Crippen LogP contribution in [0.2, 0.25) is 0 Å². The molecule has 0 spiro atoms. The molecule has 1 aliphatic rings. The van der Waals surface area contributed by atoms with Gasteiger partial charge in [-0.2, -0.15) is 0 Å². The van der Waals surface area contributed by atoms with Crippen molar-refractivity contribution in [2.45, 2.75) is 13.0 Å². The highest BCUT2D eigenvalue weighted by Crippen LogP contribution is 2.32. The molecule has 1 aliphatic heterocycles. The number of rotatable bonds is 1. The largest absolute Gasteiger partial charge is 0.481 e. The Morgan fingerprint density at radius 3 is 2.65 bits per heavy atom. The van der Waals surface area contributed by atoms with E-state index in [4.69, 9.17) is 4.74 Å². The van der Waals surface area contributed by atoms with E-state index in [0.29, 0.717) is 0 Å². The zero-order valence-corrected chi connectivity index (χ0v) is 9.76. The molecule has 1 heterocycles. The average Bonchev–Trinajstić information content (AvgIpc) is 2.39. The van der Waals surface area contributed by atoms with Crippen LogP contribution in [0.5, 0.6) is 5.75 Å². The van der Waals surface area contributed by atoms with Gasteiger partial charge in [0.15, 0.2) is 0 Å². The second-order valence-corrected chi connectivity index (χ2v) is 4.35. The van der Waals surface area contributed by atoms with Crippen molar-refractivity contribution in [2.75, 3.05) is 0 Å². The molecule has 2 aromatic rings. The van der Waals surface area contributed by atoms with Crippen LogP contribution in [0.4, 0.5) is 0 Å². The molecule has 0 radical (unpaired) electrons. The maximum absolute atomic E-state index is 6.01. The Morgan fingerprint density at radius 2 is 1.82 bits per heavy atom. The van der Waals surface area contributed by atoms with E-state index in [2.05, 4.69) is 49.4 Å². The summed E-state index contributed by atoms with van der Waals surface area (Å²) in [5.41, 5.74) is 3.57. The molecule has 0 amide bonds. The van der Waals surface area contributed by atoms with Crippen molar-refractivity contribution in [3.8, 4) is 5.75 Å². The number of fused-ring (bicyclic) bond motifs is 1. The van der Waals surface area contributed by atoms with Gasteiger partial charge in [0.1, 0.15) is 11.9 Å². The molecule has 0 saturated heterocycles. The van der Waals surface area contributed by atoms with Gasteiger partial charge < -0.3 is 4.74 Å². The third-order valence-electron chi connectivity index (χ3n) is 3.00. The van der Waals surface area contributed by atoms with Gasteiger partial charge in [-0.25, -0.2) is 0 Å². The smallest absolute Gasteiger partial charge is 0.142 e. The summed E-state index contributed by atoms with van der Waals surface area (Å²) in [4.78, 5) is 0. The van der Waals surface area contributed by atoms with E-state index in [9.17, 15) is 0 Å². The maximum Gasteiger partial charge on any atom is 0.142 e. The Balaban J connectivity index is 1.95. The monoisotopic (exact) mass is 222 g/mol. The van der Waals surface area contributed by atoms with Crippen molar-refractivity contribution < 1.29 is 4.74 Å². The van der Waals surface area contributed by atoms with Crippen LogP contribution in [0.25, 0.3) is 6.08 Å². The third kappa shape index (κ3) is 1.96. The first-order chi connectivity index (χ1) is 8.33. The van der Waals surface area contributed by atoms with Crippen LogP contribution in [-0.4, -0.2) is 0 Å². The van der Waals surface area contributed by atoms with Crippen LogP contribution in [0.1, 0.15) is 22.8 Å². The maximum atomic E-state index is 6.01. The third-order valence-corrected chi connectivity index (χ3v) is 3.00. The van der Waals surface area contributed by atoms with Gasteiger partial charge in [-0.1, -0.05) is 48.5 Å². The molecule has 1 atom stereocenters. The fourth-order valence-corrected chi connectivity index (χ4v) is 2.07. The first kappa shape index (κ1) is 10.2. The minimum Gasteiger partial charge on any atom is -0.481 e. The molecule has 2 aromatic carbocycles. The van der Waals surface area contributed by atoms with Crippen LogP contribution in [0.3, 0.4) is 0 Å². The highest BCUT2D eigenvalue weighted by atomic mass is 16.5. The lowest BCUT2D eigenvalue weighted by atomic mass is 10.0. The predicted molar refractivity (Wildman–Crippen MR) is 70.0 cm³/mol. The van der Waals surface area contributed by atoms with Crippen LogP contribution < -0.4 is 4.74 Å². The van der Waals surface area contributed by atoms with E-state index in [1.165, 1.54) is 11.1 Å². The van der Waals surface area contributed by atoms with Crippen LogP contribution in [0.15, 0.2) is 54.6 Å². The molecule has 0 saturated carbocycles. The van der Waals surface area contributed by atoms with Gasteiger partial charge in [0.2, 0.25) is 0 Å². The van der Waals surface area contributed by atoms with Gasteiger partial charge in [0.05, 0.1) is 0 Å². The quantitative estimate of drug-likeness (QED) is 0.704. The topological polar surface area (TPSA) is 9.23 Å². The summed E-state index contributed by atoms with van der Waals surface area (Å²) in [6.07, 6.45) is 4.27. The van der Waals surface area contributed by atoms with E-state index in [1.807, 2.05) is 18.2 Å². The Hall–Kier alpha value is -2.02. The molecule has 3 rings (SSSR count). The van der Waals surface area contributed by atoms with Crippen molar-refractivity contribution >= 4 is 6.08 Å². The Kier molecular flexibility index (Phi) is 2.45. The van der Waals surface area contributed by atoms with Crippen molar-refractivity contribution in [1.82, 2.24) is 0 Å². The van der Waals surface area contributed by atoms with E-state index in [-0.39, 0.29) is 6.10 Å². The minimum absolute atomic E-state index is 0.0329. The second-order valence-electron chi connectivity index (χ2n) is 4.35. The normalized spacial score (nSPS) is 17.4. The van der Waals surface area contributed by atoms with Crippen LogP contribution in [0, 0.1) is 6.92 Å².